The average Bonchev–Trinajstić information content (AvgIpc) is 3.67. The van der Waals surface area contributed by atoms with Crippen LogP contribution < -0.4 is 0 Å². The molecule has 26 atom stereocenters. The van der Waals surface area contributed by atoms with Gasteiger partial charge in [0.05, 0.1) is 38.1 Å². The predicted molar refractivity (Wildman–Crippen MR) is 208 cm³/mol. The lowest BCUT2D eigenvalue weighted by atomic mass is 9.44. The first-order valence-electron chi connectivity index (χ1n) is 23.1. The molecule has 5 heterocycles. The highest BCUT2D eigenvalue weighted by Crippen LogP contribution is 2.71. The van der Waals surface area contributed by atoms with Crippen LogP contribution in [0, 0.1) is 52.3 Å². The van der Waals surface area contributed by atoms with Gasteiger partial charge in [-0.1, -0.05) is 27.7 Å². The Morgan fingerprint density at radius 1 is 0.633 bits per heavy atom. The lowest BCUT2D eigenvalue weighted by Gasteiger charge is -2.61. The summed E-state index contributed by atoms with van der Waals surface area (Å²) in [4.78, 5) is 0. The van der Waals surface area contributed by atoms with Crippen molar-refractivity contribution in [1.29, 1.82) is 0 Å². The Labute approximate surface area is 353 Å². The highest BCUT2D eigenvalue weighted by atomic mass is 16.8. The van der Waals surface area contributed by atoms with Gasteiger partial charge in [0.1, 0.15) is 61.0 Å². The Balaban J connectivity index is 0.859. The minimum Gasteiger partial charge on any atom is -0.388 e. The number of aliphatic hydroxyl groups excluding tert-OH is 8. The van der Waals surface area contributed by atoms with Crippen LogP contribution in [-0.2, 0) is 37.9 Å². The molecule has 5 aliphatic heterocycles. The molecule has 0 aromatic carbocycles. The minimum absolute atomic E-state index is 0.147. The fourth-order valence-electron chi connectivity index (χ4n) is 14.3. The smallest absolute Gasteiger partial charge is 0.186 e. The van der Waals surface area contributed by atoms with Crippen molar-refractivity contribution < 1.29 is 78.7 Å². The van der Waals surface area contributed by atoms with E-state index in [1.54, 1.807) is 0 Å². The summed E-state index contributed by atoms with van der Waals surface area (Å²) in [6.45, 7) is 11.3. The van der Waals surface area contributed by atoms with Gasteiger partial charge in [0.2, 0.25) is 0 Å². The molecule has 9 fully saturated rings. The molecule has 16 nitrogen and oxygen atoms in total. The first kappa shape index (κ1) is 44.6. The summed E-state index contributed by atoms with van der Waals surface area (Å²) in [5, 5.41) is 85.1. The lowest BCUT2D eigenvalue weighted by molar-refractivity contribution is -0.363. The van der Waals surface area contributed by atoms with Crippen molar-refractivity contribution >= 4 is 0 Å². The molecule has 8 N–H and O–H groups in total. The molecule has 0 bridgehead atoms. The van der Waals surface area contributed by atoms with Crippen LogP contribution in [0.4, 0.5) is 0 Å². The van der Waals surface area contributed by atoms with Crippen molar-refractivity contribution in [2.24, 2.45) is 52.3 Å². The number of ether oxygens (including phenoxy) is 8. The van der Waals surface area contributed by atoms with Gasteiger partial charge in [-0.15, -0.1) is 0 Å². The molecule has 0 aromatic heterocycles. The summed E-state index contributed by atoms with van der Waals surface area (Å²) in [6.07, 6.45) is -9.49. The summed E-state index contributed by atoms with van der Waals surface area (Å²) in [5.74, 6) is 3.38. The van der Waals surface area contributed by atoms with E-state index in [0.717, 1.165) is 51.6 Å². The maximum absolute atomic E-state index is 11.6. The second-order valence-electron chi connectivity index (χ2n) is 21.1. The Morgan fingerprint density at radius 2 is 1.37 bits per heavy atom. The van der Waals surface area contributed by atoms with Crippen LogP contribution in [0.1, 0.15) is 98.8 Å². The average molecular weight is 857 g/mol. The van der Waals surface area contributed by atoms with Crippen LogP contribution in [0.2, 0.25) is 0 Å². The van der Waals surface area contributed by atoms with Gasteiger partial charge >= 0.3 is 0 Å². The molecular weight excluding hydrogens is 784 g/mol. The maximum atomic E-state index is 11.6. The van der Waals surface area contributed by atoms with E-state index >= 15 is 0 Å². The SMILES string of the molecule is CC1CCC2(OC1)OC1CC3C4CCC5CC(OC6OC(COC7OC(C)C(O)C(O)C7O)C(OC7OCC(O)C(O)C7O)C(O)C6O)CCC5(C)C4CCC3(C)C1C2C. The molecule has 5 saturated heterocycles. The standard InChI is InChI=1S/C44H72O16/c1-19-8-13-44(55-16-19)20(2)30-28(60-44)15-26-24-7-6-22-14-23(9-11-42(22,4)25(24)10-12-43(26,30)5)57-41-37(52)34(49)38(59-40-35(50)32(47)27(45)17-53-40)29(58-41)18-54-39-36(51)33(48)31(46)21(3)56-39/h19-41,45-52H,6-18H2,1-5H3. The topological polar surface area (TPSA) is 236 Å². The zero-order chi connectivity index (χ0) is 42.6. The van der Waals surface area contributed by atoms with Gasteiger partial charge in [-0.2, -0.15) is 0 Å². The van der Waals surface area contributed by atoms with E-state index in [1.165, 1.54) is 26.2 Å². The molecule has 4 aliphatic carbocycles. The largest absolute Gasteiger partial charge is 0.388 e. The Hall–Kier alpha value is -0.640. The van der Waals surface area contributed by atoms with Gasteiger partial charge in [0.25, 0.3) is 0 Å². The molecule has 1 spiro atoms. The molecule has 9 rings (SSSR count). The first-order chi connectivity index (χ1) is 28.5. The Kier molecular flexibility index (Phi) is 12.4. The maximum Gasteiger partial charge on any atom is 0.186 e. The van der Waals surface area contributed by atoms with Crippen molar-refractivity contribution in [3.8, 4) is 0 Å². The second kappa shape index (κ2) is 16.7. The highest BCUT2D eigenvalue weighted by Gasteiger charge is 2.69. The molecule has 16 heteroatoms. The van der Waals surface area contributed by atoms with Crippen LogP contribution in [-0.4, -0.2) is 165 Å². The first-order valence-corrected chi connectivity index (χ1v) is 23.1. The molecule has 9 aliphatic rings. The van der Waals surface area contributed by atoms with Crippen molar-refractivity contribution in [3.05, 3.63) is 0 Å². The third-order valence-electron chi connectivity index (χ3n) is 17.8. The number of aliphatic hydroxyl groups is 8. The number of hydrogen-bond acceptors (Lipinski definition) is 16. The van der Waals surface area contributed by atoms with E-state index in [0.29, 0.717) is 41.4 Å². The molecular formula is C44H72O16. The van der Waals surface area contributed by atoms with E-state index in [2.05, 4.69) is 27.7 Å². The van der Waals surface area contributed by atoms with E-state index < -0.39 is 98.4 Å². The third-order valence-corrected chi connectivity index (χ3v) is 17.8. The molecule has 0 aromatic rings. The number of hydrogen-bond donors (Lipinski definition) is 8. The third kappa shape index (κ3) is 7.36. The fraction of sp³-hybridized carbons (Fsp3) is 1.00. The summed E-state index contributed by atoms with van der Waals surface area (Å²) in [5.41, 5.74) is 0.388. The quantitative estimate of drug-likeness (QED) is 0.166. The summed E-state index contributed by atoms with van der Waals surface area (Å²) < 4.78 is 49.3. The van der Waals surface area contributed by atoms with E-state index in [1.807, 2.05) is 0 Å². The van der Waals surface area contributed by atoms with Crippen molar-refractivity contribution in [2.45, 2.75) is 203 Å². The van der Waals surface area contributed by atoms with Gasteiger partial charge in [0, 0.05) is 12.3 Å². The van der Waals surface area contributed by atoms with E-state index in [-0.39, 0.29) is 29.6 Å². The zero-order valence-corrected chi connectivity index (χ0v) is 35.8. The minimum atomic E-state index is -1.68. The van der Waals surface area contributed by atoms with E-state index in [4.69, 9.17) is 37.9 Å². The molecule has 0 amide bonds. The number of fused-ring (bicyclic) bond motifs is 7. The van der Waals surface area contributed by atoms with Crippen molar-refractivity contribution in [2.75, 3.05) is 19.8 Å². The summed E-state index contributed by atoms with van der Waals surface area (Å²) in [7, 11) is 0. The molecule has 344 valence electrons. The Bertz CT molecular complexity index is 1500. The van der Waals surface area contributed by atoms with Gasteiger partial charge in [-0.25, -0.2) is 0 Å². The van der Waals surface area contributed by atoms with Crippen LogP contribution in [0.15, 0.2) is 0 Å². The van der Waals surface area contributed by atoms with Gasteiger partial charge in [-0.3, -0.25) is 0 Å². The van der Waals surface area contributed by atoms with E-state index in [9.17, 15) is 40.9 Å². The summed E-state index contributed by atoms with van der Waals surface area (Å²) in [6, 6.07) is 0. The lowest BCUT2D eigenvalue weighted by Crippen LogP contribution is -2.64. The molecule has 60 heavy (non-hydrogen) atoms. The van der Waals surface area contributed by atoms with Crippen LogP contribution in [0.25, 0.3) is 0 Å². The van der Waals surface area contributed by atoms with Crippen molar-refractivity contribution in [3.63, 3.8) is 0 Å². The van der Waals surface area contributed by atoms with Crippen LogP contribution in [0.5, 0.6) is 0 Å². The fourth-order valence-corrected chi connectivity index (χ4v) is 14.3. The Morgan fingerprint density at radius 3 is 2.12 bits per heavy atom. The van der Waals surface area contributed by atoms with Crippen LogP contribution in [0.3, 0.4) is 0 Å². The zero-order valence-electron chi connectivity index (χ0n) is 35.8. The number of rotatable bonds is 7. The van der Waals surface area contributed by atoms with Crippen molar-refractivity contribution in [1.82, 2.24) is 0 Å². The normalized spacial score (nSPS) is 59.2. The summed E-state index contributed by atoms with van der Waals surface area (Å²) >= 11 is 0. The molecule has 0 radical (unpaired) electrons. The van der Waals surface area contributed by atoms with Gasteiger partial charge in [0.15, 0.2) is 24.7 Å². The van der Waals surface area contributed by atoms with Gasteiger partial charge < -0.3 is 78.7 Å². The highest BCUT2D eigenvalue weighted by molar-refractivity contribution is 5.15. The molecule has 26 unspecified atom stereocenters. The second-order valence-corrected chi connectivity index (χ2v) is 21.1. The molecule has 4 saturated carbocycles. The van der Waals surface area contributed by atoms with Crippen LogP contribution >= 0.6 is 0 Å². The predicted octanol–water partition coefficient (Wildman–Crippen LogP) is 0.933. The van der Waals surface area contributed by atoms with Gasteiger partial charge in [-0.05, 0) is 111 Å². The monoisotopic (exact) mass is 856 g/mol.